The Labute approximate surface area is 201 Å². The smallest absolute Gasteiger partial charge is 0.411 e. The summed E-state index contributed by atoms with van der Waals surface area (Å²) in [4.78, 5) is 12.3. The third kappa shape index (κ3) is 3.23. The van der Waals surface area contributed by atoms with Crippen LogP contribution in [0.4, 0.5) is 13.2 Å². The summed E-state index contributed by atoms with van der Waals surface area (Å²) in [5.41, 5.74) is 0.452. The third-order valence-corrected chi connectivity index (χ3v) is 9.45. The maximum atomic E-state index is 14.3. The van der Waals surface area contributed by atoms with E-state index in [9.17, 15) is 23.1 Å². The lowest BCUT2D eigenvalue weighted by Gasteiger charge is -2.55. The van der Waals surface area contributed by atoms with Crippen LogP contribution in [0, 0.1) is 17.3 Å². The van der Waals surface area contributed by atoms with Gasteiger partial charge in [-0.1, -0.05) is 53.5 Å². The van der Waals surface area contributed by atoms with E-state index in [0.29, 0.717) is 37.7 Å². The number of oxime groups is 1. The van der Waals surface area contributed by atoms with E-state index in [4.69, 9.17) is 16.8 Å². The maximum absolute atomic E-state index is 14.3. The number of allylic oxidation sites excluding steroid dienone is 4. The Morgan fingerprint density at radius 2 is 1.82 bits per heavy atom. The predicted molar refractivity (Wildman–Crippen MR) is 122 cm³/mol. The average molecular weight is 494 g/mol. The van der Waals surface area contributed by atoms with Crippen molar-refractivity contribution in [3.05, 3.63) is 57.1 Å². The minimum Gasteiger partial charge on any atom is -0.411 e. The van der Waals surface area contributed by atoms with E-state index in [1.807, 2.05) is 12.1 Å². The second kappa shape index (κ2) is 7.95. The van der Waals surface area contributed by atoms with Crippen LogP contribution in [0.25, 0.3) is 0 Å². The molecule has 182 valence electrons. The quantitative estimate of drug-likeness (QED) is 0.290. The number of Topliss-reactive ketones (excluding diaryl/α,β-unsaturated/α-hetero) is 1. The van der Waals surface area contributed by atoms with Gasteiger partial charge in [-0.15, -0.1) is 0 Å². The van der Waals surface area contributed by atoms with Gasteiger partial charge < -0.3 is 10.3 Å². The summed E-state index contributed by atoms with van der Waals surface area (Å²) in [6.07, 6.45) is -1.18. The van der Waals surface area contributed by atoms with Gasteiger partial charge in [-0.05, 0) is 72.6 Å². The molecule has 0 spiro atoms. The predicted octanol–water partition coefficient (Wildman–Crippen LogP) is 6.25. The zero-order chi connectivity index (χ0) is 24.5. The molecule has 4 aliphatic carbocycles. The van der Waals surface area contributed by atoms with Crippen LogP contribution in [0.1, 0.15) is 68.9 Å². The van der Waals surface area contributed by atoms with E-state index in [1.54, 1.807) is 19.1 Å². The van der Waals surface area contributed by atoms with Gasteiger partial charge in [0.25, 0.3) is 0 Å². The van der Waals surface area contributed by atoms with Crippen LogP contribution < -0.4 is 0 Å². The van der Waals surface area contributed by atoms with Gasteiger partial charge in [0.2, 0.25) is 0 Å². The van der Waals surface area contributed by atoms with Crippen molar-refractivity contribution in [1.29, 1.82) is 0 Å². The number of aliphatic hydroxyl groups is 1. The Morgan fingerprint density at radius 3 is 2.47 bits per heavy atom. The number of hydrogen-bond donors (Lipinski definition) is 2. The molecule has 0 amide bonds. The first-order chi connectivity index (χ1) is 16.0. The number of carbonyl (C=O) groups excluding carboxylic acids is 1. The van der Waals surface area contributed by atoms with Crippen LogP contribution >= 0.6 is 11.6 Å². The largest absolute Gasteiger partial charge is 0.417 e. The van der Waals surface area contributed by atoms with Gasteiger partial charge in [0.1, 0.15) is 0 Å². The highest BCUT2D eigenvalue weighted by Crippen LogP contribution is 2.69. The van der Waals surface area contributed by atoms with Crippen molar-refractivity contribution in [2.45, 2.75) is 69.6 Å². The average Bonchev–Trinajstić information content (AvgIpc) is 3.08. The Morgan fingerprint density at radius 1 is 1.12 bits per heavy atom. The van der Waals surface area contributed by atoms with Crippen LogP contribution in [0.2, 0.25) is 0 Å². The molecule has 4 aliphatic rings. The summed E-state index contributed by atoms with van der Waals surface area (Å²) in [5.74, 6) is -0.801. The van der Waals surface area contributed by atoms with Gasteiger partial charge in [-0.3, -0.25) is 4.79 Å². The second-order valence-corrected chi connectivity index (χ2v) is 10.8. The van der Waals surface area contributed by atoms with Crippen LogP contribution in [-0.4, -0.2) is 34.1 Å². The van der Waals surface area contributed by atoms with E-state index in [-0.39, 0.29) is 41.4 Å². The maximum Gasteiger partial charge on any atom is 0.417 e. The monoisotopic (exact) mass is 493 g/mol. The number of fused-ring (bicyclic) bond motifs is 4. The first kappa shape index (κ1) is 23.6. The molecule has 0 aliphatic heterocycles. The number of nitrogens with zero attached hydrogens (tertiary/aromatic N) is 1. The molecular formula is C26H27ClF3NO3. The Balaban J connectivity index is 1.70. The fourth-order valence-corrected chi connectivity index (χ4v) is 7.67. The Kier molecular flexibility index (Phi) is 5.52. The SMILES string of the molecule is C[C@]12C[C@H](c3ccc(/C=N/O)cc3)C3=C4CCC(=O)C(Cl)=C4CCC3C1CC[C@@]2(O)C(F)(F)F. The normalized spacial score (nSPS) is 36.1. The summed E-state index contributed by atoms with van der Waals surface area (Å²) in [5, 5.41) is 23.2. The zero-order valence-corrected chi connectivity index (χ0v) is 19.6. The fraction of sp³-hybridized carbons (Fsp3) is 0.538. The minimum atomic E-state index is -4.71. The van der Waals surface area contributed by atoms with Crippen molar-refractivity contribution in [3.8, 4) is 0 Å². The van der Waals surface area contributed by atoms with Gasteiger partial charge in [0.05, 0.1) is 11.2 Å². The lowest BCUT2D eigenvalue weighted by atomic mass is 9.51. The number of rotatable bonds is 2. The lowest BCUT2D eigenvalue weighted by molar-refractivity contribution is -0.299. The van der Waals surface area contributed by atoms with Gasteiger partial charge in [-0.2, -0.15) is 13.2 Å². The van der Waals surface area contributed by atoms with Crippen LogP contribution in [-0.2, 0) is 4.79 Å². The molecule has 0 radical (unpaired) electrons. The summed E-state index contributed by atoms with van der Waals surface area (Å²) >= 11 is 6.43. The molecule has 1 aromatic carbocycles. The van der Waals surface area contributed by atoms with Gasteiger partial charge in [-0.25, -0.2) is 0 Å². The second-order valence-electron chi connectivity index (χ2n) is 10.4. The van der Waals surface area contributed by atoms with Crippen molar-refractivity contribution < 1.29 is 28.3 Å². The molecule has 34 heavy (non-hydrogen) atoms. The van der Waals surface area contributed by atoms with E-state index >= 15 is 0 Å². The standard InChI is InChI=1S/C26H27ClF3NO3/c1-24-12-19(15-4-2-14(3-5-15)13-31-34)22-16-8-9-21(32)23(27)17(16)6-7-18(22)20(24)10-11-25(24,33)26(28,29)30/h2-5,13,18-20,33-34H,6-12H2,1H3/b31-13+/t18?,19-,20?,24+,25+/m1/s1. The number of carbonyl (C=O) groups is 1. The van der Waals surface area contributed by atoms with E-state index in [2.05, 4.69) is 5.16 Å². The van der Waals surface area contributed by atoms with E-state index in [0.717, 1.165) is 22.3 Å². The molecule has 0 saturated heterocycles. The summed E-state index contributed by atoms with van der Waals surface area (Å²) in [6, 6.07) is 7.24. The van der Waals surface area contributed by atoms with Crippen LogP contribution in [0.3, 0.4) is 0 Å². The number of hydrogen-bond acceptors (Lipinski definition) is 4. The van der Waals surface area contributed by atoms with E-state index in [1.165, 1.54) is 6.21 Å². The molecule has 2 saturated carbocycles. The van der Waals surface area contributed by atoms with Gasteiger partial charge >= 0.3 is 6.18 Å². The highest BCUT2D eigenvalue weighted by molar-refractivity contribution is 6.43. The Bertz CT molecular complexity index is 1120. The summed E-state index contributed by atoms with van der Waals surface area (Å²) in [6.45, 7) is 1.61. The highest BCUT2D eigenvalue weighted by atomic mass is 35.5. The number of benzene rings is 1. The molecular weight excluding hydrogens is 467 g/mol. The topological polar surface area (TPSA) is 69.9 Å². The number of ketones is 1. The molecule has 0 aromatic heterocycles. The molecule has 4 nitrogen and oxygen atoms in total. The summed E-state index contributed by atoms with van der Waals surface area (Å²) < 4.78 is 42.8. The first-order valence-corrected chi connectivity index (χ1v) is 12.1. The highest BCUT2D eigenvalue weighted by Gasteiger charge is 2.72. The molecule has 2 N–H and O–H groups in total. The lowest BCUT2D eigenvalue weighted by Crippen LogP contribution is -2.58. The molecule has 0 heterocycles. The van der Waals surface area contributed by atoms with Crippen molar-refractivity contribution in [3.63, 3.8) is 0 Å². The molecule has 5 rings (SSSR count). The molecule has 2 unspecified atom stereocenters. The molecule has 0 bridgehead atoms. The molecule has 8 heteroatoms. The van der Waals surface area contributed by atoms with Crippen LogP contribution in [0.5, 0.6) is 0 Å². The van der Waals surface area contributed by atoms with Gasteiger partial charge in [0.15, 0.2) is 11.4 Å². The number of alkyl halides is 3. The summed E-state index contributed by atoms with van der Waals surface area (Å²) in [7, 11) is 0. The van der Waals surface area contributed by atoms with Crippen molar-refractivity contribution in [2.24, 2.45) is 22.4 Å². The zero-order valence-electron chi connectivity index (χ0n) is 18.8. The van der Waals surface area contributed by atoms with Crippen molar-refractivity contribution in [2.75, 3.05) is 0 Å². The van der Waals surface area contributed by atoms with Crippen molar-refractivity contribution in [1.82, 2.24) is 0 Å². The first-order valence-electron chi connectivity index (χ1n) is 11.7. The Hall–Kier alpha value is -2.12. The van der Waals surface area contributed by atoms with Crippen LogP contribution in [0.15, 0.2) is 51.2 Å². The third-order valence-electron chi connectivity index (χ3n) is 9.01. The van der Waals surface area contributed by atoms with Gasteiger partial charge in [0, 0.05) is 17.8 Å². The fourth-order valence-electron chi connectivity index (χ4n) is 7.36. The van der Waals surface area contributed by atoms with E-state index < -0.39 is 17.2 Å². The minimum absolute atomic E-state index is 0.0726. The molecule has 1 aromatic rings. The molecule has 5 atom stereocenters. The molecule has 2 fully saturated rings. The number of halogens is 4. The van der Waals surface area contributed by atoms with Crippen molar-refractivity contribution >= 4 is 23.6 Å².